The lowest BCUT2D eigenvalue weighted by molar-refractivity contribution is -0.0878. The summed E-state index contributed by atoms with van der Waals surface area (Å²) in [6, 6.07) is 5.62. The Bertz CT molecular complexity index is 496. The molecule has 1 heterocycles. The molecular weight excluding hydrogens is 262 g/mol. The highest BCUT2D eigenvalue weighted by Gasteiger charge is 2.38. The molecule has 0 saturated carbocycles. The number of aliphatic hydroxyl groups excluding tert-OH is 2. The number of benzene rings is 1. The van der Waals surface area contributed by atoms with Crippen molar-refractivity contribution in [2.24, 2.45) is 5.16 Å². The number of nitrogens with zero attached hydrogens (tertiary/aromatic N) is 1. The Morgan fingerprint density at radius 1 is 1.20 bits per heavy atom. The van der Waals surface area contributed by atoms with Gasteiger partial charge in [-0.1, -0.05) is 11.2 Å². The Labute approximate surface area is 117 Å². The molecular formula is C14H19NO5. The van der Waals surface area contributed by atoms with E-state index in [1.54, 1.807) is 14.2 Å². The Morgan fingerprint density at radius 2 is 1.90 bits per heavy atom. The normalized spacial score (nSPS) is 16.5. The van der Waals surface area contributed by atoms with Gasteiger partial charge in [0.25, 0.3) is 0 Å². The van der Waals surface area contributed by atoms with E-state index in [0.29, 0.717) is 24.3 Å². The Hall–Kier alpha value is -1.79. The predicted molar refractivity (Wildman–Crippen MR) is 73.3 cm³/mol. The molecule has 2 N–H and O–H groups in total. The van der Waals surface area contributed by atoms with Crippen LogP contribution in [0, 0.1) is 0 Å². The van der Waals surface area contributed by atoms with Gasteiger partial charge in [0.05, 0.1) is 33.1 Å². The molecule has 0 spiro atoms. The maximum Gasteiger partial charge on any atom is 0.188 e. The van der Waals surface area contributed by atoms with Crippen LogP contribution in [-0.4, -0.2) is 49.0 Å². The fraction of sp³-hybridized carbons (Fsp3) is 0.500. The van der Waals surface area contributed by atoms with Crippen molar-refractivity contribution in [3.63, 3.8) is 0 Å². The third kappa shape index (κ3) is 2.86. The highest BCUT2D eigenvalue weighted by Crippen LogP contribution is 2.29. The summed E-state index contributed by atoms with van der Waals surface area (Å²) in [6.07, 6.45) is 0.983. The molecule has 0 aliphatic carbocycles. The van der Waals surface area contributed by atoms with E-state index in [1.165, 1.54) is 0 Å². The van der Waals surface area contributed by atoms with E-state index < -0.39 is 5.60 Å². The van der Waals surface area contributed by atoms with Crippen LogP contribution in [0.3, 0.4) is 0 Å². The standard InChI is InChI=1S/C14H19NO5/c1-18-12-4-3-10(6-13(12)19-2)5-11-7-14(8-16,9-17)20-15-11/h3-4,6,16-17H,5,7-9H2,1-2H3. The van der Waals surface area contributed by atoms with E-state index in [1.807, 2.05) is 18.2 Å². The summed E-state index contributed by atoms with van der Waals surface area (Å²) in [5.74, 6) is 1.32. The van der Waals surface area contributed by atoms with E-state index in [-0.39, 0.29) is 13.2 Å². The van der Waals surface area contributed by atoms with E-state index in [9.17, 15) is 10.2 Å². The first kappa shape index (κ1) is 14.6. The van der Waals surface area contributed by atoms with Crippen LogP contribution in [0.15, 0.2) is 23.4 Å². The van der Waals surface area contributed by atoms with Crippen molar-refractivity contribution in [1.82, 2.24) is 0 Å². The fourth-order valence-corrected chi connectivity index (χ4v) is 2.14. The average Bonchev–Trinajstić information content (AvgIpc) is 2.91. The van der Waals surface area contributed by atoms with Crippen LogP contribution in [0.25, 0.3) is 0 Å². The number of aliphatic hydroxyl groups is 2. The molecule has 20 heavy (non-hydrogen) atoms. The van der Waals surface area contributed by atoms with Gasteiger partial charge < -0.3 is 24.5 Å². The first-order chi connectivity index (χ1) is 9.66. The average molecular weight is 281 g/mol. The van der Waals surface area contributed by atoms with Crippen molar-refractivity contribution >= 4 is 5.71 Å². The van der Waals surface area contributed by atoms with Gasteiger partial charge in [0.15, 0.2) is 17.1 Å². The molecule has 1 aromatic carbocycles. The van der Waals surface area contributed by atoms with Crippen molar-refractivity contribution in [3.05, 3.63) is 23.8 Å². The predicted octanol–water partition coefficient (Wildman–Crippen LogP) is 0.746. The van der Waals surface area contributed by atoms with Crippen LogP contribution in [0.2, 0.25) is 0 Å². The molecule has 6 nitrogen and oxygen atoms in total. The molecule has 0 amide bonds. The lowest BCUT2D eigenvalue weighted by atomic mass is 9.96. The zero-order valence-corrected chi connectivity index (χ0v) is 11.6. The van der Waals surface area contributed by atoms with E-state index in [0.717, 1.165) is 11.3 Å². The number of hydrogen-bond acceptors (Lipinski definition) is 6. The van der Waals surface area contributed by atoms with Gasteiger partial charge in [0, 0.05) is 12.8 Å². The van der Waals surface area contributed by atoms with Crippen molar-refractivity contribution in [2.45, 2.75) is 18.4 Å². The van der Waals surface area contributed by atoms with Gasteiger partial charge in [-0.25, -0.2) is 0 Å². The van der Waals surface area contributed by atoms with Gasteiger partial charge in [-0.05, 0) is 17.7 Å². The summed E-state index contributed by atoms with van der Waals surface area (Å²) in [5, 5.41) is 22.5. The molecule has 1 aromatic rings. The van der Waals surface area contributed by atoms with Crippen LogP contribution in [0.1, 0.15) is 12.0 Å². The molecule has 0 saturated heterocycles. The van der Waals surface area contributed by atoms with Gasteiger partial charge in [-0.15, -0.1) is 0 Å². The summed E-state index contributed by atoms with van der Waals surface area (Å²) < 4.78 is 10.4. The molecule has 1 aliphatic heterocycles. The van der Waals surface area contributed by atoms with Gasteiger partial charge in [-0.3, -0.25) is 0 Å². The summed E-state index contributed by atoms with van der Waals surface area (Å²) in [6.45, 7) is -0.523. The van der Waals surface area contributed by atoms with Crippen LogP contribution in [-0.2, 0) is 11.3 Å². The Balaban J connectivity index is 2.08. The largest absolute Gasteiger partial charge is 0.493 e. The number of hydrogen-bond donors (Lipinski definition) is 2. The third-order valence-electron chi connectivity index (χ3n) is 3.33. The lowest BCUT2D eigenvalue weighted by Gasteiger charge is -2.20. The van der Waals surface area contributed by atoms with E-state index in [2.05, 4.69) is 5.16 Å². The summed E-state index contributed by atoms with van der Waals surface area (Å²) in [4.78, 5) is 5.16. The maximum atomic E-state index is 9.26. The monoisotopic (exact) mass is 281 g/mol. The topological polar surface area (TPSA) is 80.5 Å². The maximum absolute atomic E-state index is 9.26. The SMILES string of the molecule is COc1ccc(CC2=NOC(CO)(CO)C2)cc1OC. The first-order valence-corrected chi connectivity index (χ1v) is 6.33. The molecule has 0 bridgehead atoms. The van der Waals surface area contributed by atoms with Crippen LogP contribution < -0.4 is 9.47 Å². The number of ether oxygens (including phenoxy) is 2. The number of oxime groups is 1. The van der Waals surface area contributed by atoms with Crippen molar-refractivity contribution in [1.29, 1.82) is 0 Å². The van der Waals surface area contributed by atoms with Crippen molar-refractivity contribution in [3.8, 4) is 11.5 Å². The smallest absolute Gasteiger partial charge is 0.188 e. The van der Waals surface area contributed by atoms with Gasteiger partial charge in [-0.2, -0.15) is 0 Å². The zero-order chi connectivity index (χ0) is 14.6. The van der Waals surface area contributed by atoms with Gasteiger partial charge in [0.2, 0.25) is 0 Å². The van der Waals surface area contributed by atoms with Crippen molar-refractivity contribution < 1.29 is 24.5 Å². The van der Waals surface area contributed by atoms with Gasteiger partial charge >= 0.3 is 0 Å². The number of methoxy groups -OCH3 is 2. The summed E-state index contributed by atoms with van der Waals surface area (Å²) >= 11 is 0. The second kappa shape index (κ2) is 6.11. The molecule has 2 rings (SSSR count). The minimum Gasteiger partial charge on any atom is -0.493 e. The molecule has 1 aliphatic rings. The molecule has 6 heteroatoms. The lowest BCUT2D eigenvalue weighted by Crippen LogP contribution is -2.37. The quantitative estimate of drug-likeness (QED) is 0.804. The highest BCUT2D eigenvalue weighted by atomic mass is 16.7. The number of rotatable bonds is 6. The molecule has 0 radical (unpaired) electrons. The summed E-state index contributed by atoms with van der Waals surface area (Å²) in [5.41, 5.74) is 0.795. The molecule has 0 atom stereocenters. The highest BCUT2D eigenvalue weighted by molar-refractivity contribution is 5.88. The van der Waals surface area contributed by atoms with Crippen LogP contribution in [0.5, 0.6) is 11.5 Å². The minimum absolute atomic E-state index is 0.261. The second-order valence-electron chi connectivity index (χ2n) is 4.79. The summed E-state index contributed by atoms with van der Waals surface area (Å²) in [7, 11) is 3.17. The molecule has 0 unspecified atom stereocenters. The second-order valence-corrected chi connectivity index (χ2v) is 4.79. The van der Waals surface area contributed by atoms with Gasteiger partial charge in [0.1, 0.15) is 0 Å². The molecule has 0 fully saturated rings. The Morgan fingerprint density at radius 3 is 2.45 bits per heavy atom. The molecule has 0 aromatic heterocycles. The van der Waals surface area contributed by atoms with E-state index in [4.69, 9.17) is 14.3 Å². The fourth-order valence-electron chi connectivity index (χ4n) is 2.14. The van der Waals surface area contributed by atoms with E-state index >= 15 is 0 Å². The molecule has 110 valence electrons. The first-order valence-electron chi connectivity index (χ1n) is 6.33. The van der Waals surface area contributed by atoms with Crippen LogP contribution in [0.4, 0.5) is 0 Å². The minimum atomic E-state index is -0.980. The van der Waals surface area contributed by atoms with Crippen LogP contribution >= 0.6 is 0 Å². The van der Waals surface area contributed by atoms with Crippen molar-refractivity contribution in [2.75, 3.05) is 27.4 Å². The zero-order valence-electron chi connectivity index (χ0n) is 11.6. The Kier molecular flexibility index (Phi) is 4.46. The third-order valence-corrected chi connectivity index (χ3v) is 3.33.